The Kier molecular flexibility index (Phi) is 2.71. The van der Waals surface area contributed by atoms with Crippen LogP contribution in [0.15, 0.2) is 0 Å². The van der Waals surface area contributed by atoms with Crippen LogP contribution < -0.4 is 0 Å². The molecule has 1 saturated heterocycles. The van der Waals surface area contributed by atoms with Crippen molar-refractivity contribution >= 4 is 7.11 Å². The largest absolute Gasteiger partial charge is 0.733 e. The lowest BCUT2D eigenvalue weighted by Crippen LogP contribution is -2.78. The zero-order valence-corrected chi connectivity index (χ0v) is 10.3. The lowest BCUT2D eigenvalue weighted by Gasteiger charge is -2.66. The highest BCUT2D eigenvalue weighted by molar-refractivity contribution is 6.50. The highest BCUT2D eigenvalue weighted by Crippen LogP contribution is 2.49. The fourth-order valence-corrected chi connectivity index (χ4v) is 3.03. The molecule has 0 aromatic carbocycles. The fraction of sp³-hybridized carbons (Fsp3) is 1.00. The van der Waals surface area contributed by atoms with Crippen LogP contribution >= 0.6 is 0 Å². The van der Waals surface area contributed by atoms with E-state index in [4.69, 9.17) is 0 Å². The molecule has 15 heavy (non-hydrogen) atoms. The van der Waals surface area contributed by atoms with Crippen molar-refractivity contribution < 1.29 is 17.3 Å². The van der Waals surface area contributed by atoms with Gasteiger partial charge < -0.3 is 17.3 Å². The van der Waals surface area contributed by atoms with Crippen LogP contribution in [0.4, 0.5) is 12.9 Å². The molecule has 5 heteroatoms. The van der Waals surface area contributed by atoms with Crippen molar-refractivity contribution in [3.63, 3.8) is 0 Å². The highest BCUT2D eigenvalue weighted by Gasteiger charge is 2.64. The van der Waals surface area contributed by atoms with Gasteiger partial charge in [-0.05, 0) is 47.0 Å². The first kappa shape index (κ1) is 12.9. The van der Waals surface area contributed by atoms with Gasteiger partial charge in [0.15, 0.2) is 0 Å². The standard InChI is InChI=1S/C10H21BF3N/c1-9(2)7-6-8-10(3,4)15(9,5)11(12,13)14/h6-8H2,1-5H3. The summed E-state index contributed by atoms with van der Waals surface area (Å²) in [5, 5.41) is 0. The Hall–Kier alpha value is -0.185. The predicted octanol–water partition coefficient (Wildman–Crippen LogP) is 3.52. The molecule has 0 bridgehead atoms. The second kappa shape index (κ2) is 3.16. The Morgan fingerprint density at radius 2 is 1.27 bits per heavy atom. The summed E-state index contributed by atoms with van der Waals surface area (Å²) in [6.07, 6.45) is 2.18. The minimum Gasteiger partial charge on any atom is -0.416 e. The molecule has 1 aliphatic heterocycles. The quantitative estimate of drug-likeness (QED) is 0.596. The number of hydrogen-bond donors (Lipinski definition) is 0. The van der Waals surface area contributed by atoms with Crippen LogP contribution in [0.1, 0.15) is 47.0 Å². The molecule has 90 valence electrons. The van der Waals surface area contributed by atoms with E-state index in [-0.39, 0.29) is 0 Å². The van der Waals surface area contributed by atoms with Crippen LogP contribution in [0.25, 0.3) is 0 Å². The van der Waals surface area contributed by atoms with Gasteiger partial charge in [0.05, 0.1) is 11.1 Å². The summed E-state index contributed by atoms with van der Waals surface area (Å²) < 4.78 is 39.3. The van der Waals surface area contributed by atoms with Crippen LogP contribution in [0, 0.1) is 0 Å². The maximum absolute atomic E-state index is 13.4. The van der Waals surface area contributed by atoms with E-state index >= 15 is 0 Å². The van der Waals surface area contributed by atoms with Crippen molar-refractivity contribution in [3.8, 4) is 0 Å². The second-order valence-electron chi connectivity index (χ2n) is 6.09. The Morgan fingerprint density at radius 1 is 0.933 bits per heavy atom. The highest BCUT2D eigenvalue weighted by atomic mass is 19.4. The molecule has 0 unspecified atom stereocenters. The molecular formula is C10H21BF3N. The molecular weight excluding hydrogens is 202 g/mol. The molecule has 0 spiro atoms. The molecule has 1 rings (SSSR count). The van der Waals surface area contributed by atoms with Crippen LogP contribution in [0.5, 0.6) is 0 Å². The van der Waals surface area contributed by atoms with Crippen LogP contribution in [-0.4, -0.2) is 29.6 Å². The molecule has 0 amide bonds. The third-order valence-electron chi connectivity index (χ3n) is 4.68. The van der Waals surface area contributed by atoms with Crippen molar-refractivity contribution in [2.75, 3.05) is 7.05 Å². The van der Waals surface area contributed by atoms with Gasteiger partial charge >= 0.3 is 7.11 Å². The summed E-state index contributed by atoms with van der Waals surface area (Å²) in [6.45, 7) is 6.96. The Balaban J connectivity index is 3.29. The van der Waals surface area contributed by atoms with E-state index in [2.05, 4.69) is 0 Å². The monoisotopic (exact) mass is 223 g/mol. The first-order valence-corrected chi connectivity index (χ1v) is 5.51. The van der Waals surface area contributed by atoms with Crippen molar-refractivity contribution in [1.82, 2.24) is 0 Å². The summed E-state index contributed by atoms with van der Waals surface area (Å²) in [6, 6.07) is 0. The molecule has 1 heterocycles. The number of nitrogens with zero attached hydrogens (tertiary/aromatic N) is 1. The molecule has 0 radical (unpaired) electrons. The average molecular weight is 223 g/mol. The Labute approximate surface area is 90.3 Å². The van der Waals surface area contributed by atoms with E-state index < -0.39 is 22.6 Å². The van der Waals surface area contributed by atoms with E-state index in [1.807, 2.05) is 0 Å². The van der Waals surface area contributed by atoms with E-state index in [0.717, 1.165) is 6.42 Å². The van der Waals surface area contributed by atoms with Gasteiger partial charge in [0, 0.05) is 7.05 Å². The van der Waals surface area contributed by atoms with Gasteiger partial charge in [0.2, 0.25) is 0 Å². The smallest absolute Gasteiger partial charge is 0.416 e. The molecule has 0 saturated carbocycles. The van der Waals surface area contributed by atoms with Crippen molar-refractivity contribution in [3.05, 3.63) is 0 Å². The lowest BCUT2D eigenvalue weighted by molar-refractivity contribution is -0.933. The van der Waals surface area contributed by atoms with Gasteiger partial charge in [-0.25, -0.2) is 0 Å². The zero-order valence-electron chi connectivity index (χ0n) is 10.3. The summed E-state index contributed by atoms with van der Waals surface area (Å²) in [4.78, 5) is 0. The second-order valence-corrected chi connectivity index (χ2v) is 6.09. The molecule has 0 aliphatic carbocycles. The Bertz CT molecular complexity index is 242. The maximum Gasteiger partial charge on any atom is 0.733 e. The third-order valence-corrected chi connectivity index (χ3v) is 4.68. The van der Waals surface area contributed by atoms with Crippen molar-refractivity contribution in [2.24, 2.45) is 0 Å². The van der Waals surface area contributed by atoms with E-state index in [1.165, 1.54) is 7.05 Å². The summed E-state index contributed by atoms with van der Waals surface area (Å²) in [7, 11) is -3.51. The normalized spacial score (nSPS) is 28.8. The SMILES string of the molecule is CC1(C)CCCC(C)(C)[N+]1(C)[B-](F)(F)F. The lowest BCUT2D eigenvalue weighted by atomic mass is 9.70. The minimum atomic E-state index is -4.87. The minimum absolute atomic E-state index is 0.647. The number of hydrogen-bond acceptors (Lipinski definition) is 0. The topological polar surface area (TPSA) is 0 Å². The third kappa shape index (κ3) is 1.59. The zero-order chi connectivity index (χ0) is 12.1. The Morgan fingerprint density at radius 3 is 1.47 bits per heavy atom. The summed E-state index contributed by atoms with van der Waals surface area (Å²) in [5.41, 5.74) is -1.42. The molecule has 0 atom stereocenters. The van der Waals surface area contributed by atoms with E-state index in [1.54, 1.807) is 27.7 Å². The average Bonchev–Trinajstić information content (AvgIpc) is 1.97. The van der Waals surface area contributed by atoms with Gasteiger partial charge in [-0.3, -0.25) is 0 Å². The molecule has 1 aliphatic rings. The van der Waals surface area contributed by atoms with E-state index in [9.17, 15) is 12.9 Å². The molecule has 0 N–H and O–H groups in total. The molecule has 0 aromatic heterocycles. The summed E-state index contributed by atoms with van der Waals surface area (Å²) >= 11 is 0. The van der Waals surface area contributed by atoms with Gasteiger partial charge in [0.25, 0.3) is 0 Å². The van der Waals surface area contributed by atoms with Crippen LogP contribution in [-0.2, 0) is 0 Å². The van der Waals surface area contributed by atoms with Gasteiger partial charge in [0.1, 0.15) is 0 Å². The molecule has 1 nitrogen and oxygen atoms in total. The van der Waals surface area contributed by atoms with Crippen LogP contribution in [0.3, 0.4) is 0 Å². The fourth-order valence-electron chi connectivity index (χ4n) is 3.03. The van der Waals surface area contributed by atoms with Crippen LogP contribution in [0.2, 0.25) is 0 Å². The van der Waals surface area contributed by atoms with Crippen molar-refractivity contribution in [2.45, 2.75) is 58.0 Å². The number of quaternary nitrogens is 1. The molecule has 0 aromatic rings. The van der Waals surface area contributed by atoms with Gasteiger partial charge in [-0.1, -0.05) is 0 Å². The number of likely N-dealkylation sites (tertiary alicyclic amines) is 1. The summed E-state index contributed by atoms with van der Waals surface area (Å²) in [5.74, 6) is 0. The number of piperidine rings is 1. The first-order chi connectivity index (χ1) is 6.46. The van der Waals surface area contributed by atoms with Gasteiger partial charge in [-0.15, -0.1) is 0 Å². The number of halogens is 3. The van der Waals surface area contributed by atoms with E-state index in [0.29, 0.717) is 12.8 Å². The van der Waals surface area contributed by atoms with Crippen molar-refractivity contribution in [1.29, 1.82) is 0 Å². The molecule has 1 fully saturated rings. The first-order valence-electron chi connectivity index (χ1n) is 5.51. The maximum atomic E-state index is 13.4. The predicted molar refractivity (Wildman–Crippen MR) is 57.3 cm³/mol. The number of rotatable bonds is 1. The van der Waals surface area contributed by atoms with Gasteiger partial charge in [-0.2, -0.15) is 0 Å².